The van der Waals surface area contributed by atoms with Crippen LogP contribution in [0.1, 0.15) is 17.2 Å². The van der Waals surface area contributed by atoms with Crippen LogP contribution in [-0.2, 0) is 6.42 Å². The zero-order chi connectivity index (χ0) is 14.7. The van der Waals surface area contributed by atoms with Crippen LogP contribution in [0.4, 0.5) is 0 Å². The van der Waals surface area contributed by atoms with Gasteiger partial charge in [0.1, 0.15) is 13.2 Å². The molecule has 0 fully saturated rings. The first-order chi connectivity index (χ1) is 10.3. The summed E-state index contributed by atoms with van der Waals surface area (Å²) in [4.78, 5) is 0. The average molecular weight is 305 g/mol. The van der Waals surface area contributed by atoms with Crippen molar-refractivity contribution < 1.29 is 9.47 Å². The van der Waals surface area contributed by atoms with Crippen molar-refractivity contribution in [2.75, 3.05) is 13.2 Å². The van der Waals surface area contributed by atoms with Crippen LogP contribution in [0.2, 0.25) is 5.02 Å². The molecule has 0 radical (unpaired) electrons. The number of hydrogen-bond acceptors (Lipinski definition) is 4. The summed E-state index contributed by atoms with van der Waals surface area (Å²) < 4.78 is 11.4. The Labute approximate surface area is 128 Å². The Balaban J connectivity index is 1.92. The average Bonchev–Trinajstić information content (AvgIpc) is 2.54. The lowest BCUT2D eigenvalue weighted by molar-refractivity contribution is 0.168. The van der Waals surface area contributed by atoms with Gasteiger partial charge in [-0.2, -0.15) is 0 Å². The van der Waals surface area contributed by atoms with E-state index in [1.54, 1.807) is 0 Å². The summed E-state index contributed by atoms with van der Waals surface area (Å²) in [5.41, 5.74) is 4.87. The first kappa shape index (κ1) is 14.2. The highest BCUT2D eigenvalue weighted by Crippen LogP contribution is 2.38. The van der Waals surface area contributed by atoms with Crippen LogP contribution in [0.3, 0.4) is 0 Å². The van der Waals surface area contributed by atoms with E-state index in [1.807, 2.05) is 42.5 Å². The molecule has 1 aliphatic rings. The van der Waals surface area contributed by atoms with Crippen LogP contribution < -0.4 is 20.7 Å². The Hall–Kier alpha value is -1.75. The van der Waals surface area contributed by atoms with Crippen molar-refractivity contribution in [2.24, 2.45) is 5.84 Å². The molecule has 5 heteroatoms. The number of hydrogen-bond donors (Lipinski definition) is 2. The second-order valence-electron chi connectivity index (χ2n) is 4.89. The van der Waals surface area contributed by atoms with Crippen molar-refractivity contribution in [1.82, 2.24) is 5.43 Å². The fourth-order valence-corrected chi connectivity index (χ4v) is 2.73. The summed E-state index contributed by atoms with van der Waals surface area (Å²) in [6.45, 7) is 1.12. The van der Waals surface area contributed by atoms with E-state index >= 15 is 0 Å². The summed E-state index contributed by atoms with van der Waals surface area (Å²) in [5, 5.41) is 0.736. The molecular formula is C16H17ClN2O2. The number of nitrogens with two attached hydrogens (primary N) is 1. The number of para-hydroxylation sites is 1. The number of nitrogens with one attached hydrogen (secondary N) is 1. The topological polar surface area (TPSA) is 56.5 Å². The summed E-state index contributed by atoms with van der Waals surface area (Å²) in [6.07, 6.45) is 0.677. The molecule has 2 aromatic carbocycles. The number of rotatable bonds is 4. The lowest BCUT2D eigenvalue weighted by Crippen LogP contribution is -2.30. The van der Waals surface area contributed by atoms with Crippen LogP contribution in [-0.4, -0.2) is 13.2 Å². The van der Waals surface area contributed by atoms with E-state index in [-0.39, 0.29) is 6.04 Å². The minimum Gasteiger partial charge on any atom is -0.486 e. The molecule has 2 aromatic rings. The first-order valence-corrected chi connectivity index (χ1v) is 7.25. The zero-order valence-electron chi connectivity index (χ0n) is 11.5. The minimum atomic E-state index is -0.0958. The monoisotopic (exact) mass is 304 g/mol. The van der Waals surface area contributed by atoms with Gasteiger partial charge in [0.25, 0.3) is 0 Å². The van der Waals surface area contributed by atoms with Crippen LogP contribution >= 0.6 is 11.6 Å². The largest absolute Gasteiger partial charge is 0.486 e. The number of hydrazine groups is 1. The van der Waals surface area contributed by atoms with Crippen molar-refractivity contribution in [2.45, 2.75) is 12.5 Å². The second-order valence-corrected chi connectivity index (χ2v) is 5.29. The van der Waals surface area contributed by atoms with Crippen LogP contribution in [0, 0.1) is 0 Å². The molecule has 1 aliphatic heterocycles. The summed E-state index contributed by atoms with van der Waals surface area (Å²) in [6, 6.07) is 13.5. The second kappa shape index (κ2) is 6.35. The number of benzene rings is 2. The molecule has 110 valence electrons. The highest BCUT2D eigenvalue weighted by atomic mass is 35.5. The number of halogens is 1. The van der Waals surface area contributed by atoms with Crippen LogP contribution in [0.25, 0.3) is 0 Å². The Morgan fingerprint density at radius 1 is 1.10 bits per heavy atom. The third-order valence-corrected chi connectivity index (χ3v) is 3.92. The van der Waals surface area contributed by atoms with E-state index in [1.165, 1.54) is 0 Å². The maximum atomic E-state index is 6.23. The predicted octanol–water partition coefficient (Wildman–Crippen LogP) is 2.86. The highest BCUT2D eigenvalue weighted by Gasteiger charge is 2.22. The fraction of sp³-hybridized carbons (Fsp3) is 0.250. The number of ether oxygens (including phenoxy) is 2. The summed E-state index contributed by atoms with van der Waals surface area (Å²) >= 11 is 6.23. The molecule has 0 amide bonds. The molecule has 0 saturated carbocycles. The Kier molecular flexibility index (Phi) is 4.29. The molecule has 0 saturated heterocycles. The van der Waals surface area contributed by atoms with E-state index in [2.05, 4.69) is 5.43 Å². The van der Waals surface area contributed by atoms with Gasteiger partial charge in [0.15, 0.2) is 11.5 Å². The smallest absolute Gasteiger partial charge is 0.166 e. The van der Waals surface area contributed by atoms with Crippen molar-refractivity contribution in [3.05, 3.63) is 58.6 Å². The molecule has 1 heterocycles. The van der Waals surface area contributed by atoms with E-state index in [4.69, 9.17) is 26.9 Å². The van der Waals surface area contributed by atoms with Crippen LogP contribution in [0.5, 0.6) is 11.5 Å². The van der Waals surface area contributed by atoms with E-state index in [0.29, 0.717) is 19.6 Å². The molecule has 0 aromatic heterocycles. The number of fused-ring (bicyclic) bond motifs is 1. The molecule has 1 atom stereocenters. The molecule has 0 bridgehead atoms. The van der Waals surface area contributed by atoms with Gasteiger partial charge in [-0.1, -0.05) is 41.9 Å². The van der Waals surface area contributed by atoms with Gasteiger partial charge in [-0.05, 0) is 24.1 Å². The molecule has 4 nitrogen and oxygen atoms in total. The SMILES string of the molecule is NNC(Cc1ccccc1Cl)c1cccc2c1OCCO2. The Morgan fingerprint density at radius 3 is 2.71 bits per heavy atom. The summed E-state index contributed by atoms with van der Waals surface area (Å²) in [7, 11) is 0. The molecule has 0 aliphatic carbocycles. The molecule has 21 heavy (non-hydrogen) atoms. The first-order valence-electron chi connectivity index (χ1n) is 6.87. The third kappa shape index (κ3) is 2.97. The maximum Gasteiger partial charge on any atom is 0.166 e. The van der Waals surface area contributed by atoms with Gasteiger partial charge < -0.3 is 9.47 Å². The standard InChI is InChI=1S/C16H17ClN2O2/c17-13-6-2-1-4-11(13)10-14(19-18)12-5-3-7-15-16(12)21-9-8-20-15/h1-7,14,19H,8-10,18H2. The minimum absolute atomic E-state index is 0.0958. The Morgan fingerprint density at radius 2 is 1.90 bits per heavy atom. The lowest BCUT2D eigenvalue weighted by atomic mass is 9.98. The van der Waals surface area contributed by atoms with Gasteiger partial charge in [-0.25, -0.2) is 0 Å². The lowest BCUT2D eigenvalue weighted by Gasteiger charge is -2.25. The molecule has 1 unspecified atom stereocenters. The van der Waals surface area contributed by atoms with Gasteiger partial charge in [-0.15, -0.1) is 0 Å². The highest BCUT2D eigenvalue weighted by molar-refractivity contribution is 6.31. The van der Waals surface area contributed by atoms with Crippen molar-refractivity contribution >= 4 is 11.6 Å². The Bertz CT molecular complexity index is 633. The van der Waals surface area contributed by atoms with Gasteiger partial charge in [0.2, 0.25) is 0 Å². The van der Waals surface area contributed by atoms with Crippen LogP contribution in [0.15, 0.2) is 42.5 Å². The van der Waals surface area contributed by atoms with Gasteiger partial charge in [0.05, 0.1) is 6.04 Å². The third-order valence-electron chi connectivity index (χ3n) is 3.56. The van der Waals surface area contributed by atoms with Crippen molar-refractivity contribution in [1.29, 1.82) is 0 Å². The molecule has 3 rings (SSSR count). The van der Waals surface area contributed by atoms with Gasteiger partial charge >= 0.3 is 0 Å². The normalized spacial score (nSPS) is 14.8. The fourth-order valence-electron chi connectivity index (χ4n) is 2.51. The van der Waals surface area contributed by atoms with E-state index in [9.17, 15) is 0 Å². The van der Waals surface area contributed by atoms with E-state index in [0.717, 1.165) is 27.6 Å². The van der Waals surface area contributed by atoms with Gasteiger partial charge in [0, 0.05) is 10.6 Å². The molecular weight excluding hydrogens is 288 g/mol. The molecule has 0 spiro atoms. The molecule has 3 N–H and O–H groups in total. The zero-order valence-corrected chi connectivity index (χ0v) is 12.3. The van der Waals surface area contributed by atoms with Gasteiger partial charge in [-0.3, -0.25) is 11.3 Å². The maximum absolute atomic E-state index is 6.23. The quantitative estimate of drug-likeness (QED) is 0.673. The van der Waals surface area contributed by atoms with E-state index < -0.39 is 0 Å². The van der Waals surface area contributed by atoms with Crippen molar-refractivity contribution in [3.63, 3.8) is 0 Å². The predicted molar refractivity (Wildman–Crippen MR) is 82.7 cm³/mol. The summed E-state index contributed by atoms with van der Waals surface area (Å²) in [5.74, 6) is 7.27. The van der Waals surface area contributed by atoms with Crippen molar-refractivity contribution in [3.8, 4) is 11.5 Å².